The first kappa shape index (κ1) is 13.9. The molecule has 18 heavy (non-hydrogen) atoms. The summed E-state index contributed by atoms with van der Waals surface area (Å²) >= 11 is 0. The average Bonchev–Trinajstić information content (AvgIpc) is 2.27. The van der Waals surface area contributed by atoms with Crippen molar-refractivity contribution in [3.05, 3.63) is 29.8 Å². The lowest BCUT2D eigenvalue weighted by Gasteiger charge is -2.14. The molecule has 0 saturated carbocycles. The highest BCUT2D eigenvalue weighted by molar-refractivity contribution is 6.07. The number of nitrogens with one attached hydrogen (secondary N) is 1. The third-order valence-electron chi connectivity index (χ3n) is 2.25. The van der Waals surface area contributed by atoms with Crippen molar-refractivity contribution in [3.63, 3.8) is 0 Å². The molecule has 2 amide bonds. The highest BCUT2D eigenvalue weighted by Gasteiger charge is 2.14. The zero-order chi connectivity index (χ0) is 13.7. The SMILES string of the molecule is CC(=O)CC(=O)Nc1ccccc1C(=O)N(C)C. The van der Waals surface area contributed by atoms with Crippen molar-refractivity contribution < 1.29 is 14.4 Å². The normalized spacial score (nSPS) is 9.72. The second kappa shape index (κ2) is 5.95. The van der Waals surface area contributed by atoms with Crippen LogP contribution >= 0.6 is 0 Å². The number of nitrogens with zero attached hydrogens (tertiary/aromatic N) is 1. The van der Waals surface area contributed by atoms with E-state index in [1.807, 2.05) is 0 Å². The van der Waals surface area contributed by atoms with E-state index in [1.54, 1.807) is 38.4 Å². The van der Waals surface area contributed by atoms with Gasteiger partial charge in [0.05, 0.1) is 17.7 Å². The van der Waals surface area contributed by atoms with Gasteiger partial charge in [-0.3, -0.25) is 14.4 Å². The molecule has 0 heterocycles. The van der Waals surface area contributed by atoms with Crippen LogP contribution in [0.4, 0.5) is 5.69 Å². The minimum absolute atomic E-state index is 0.190. The van der Waals surface area contributed by atoms with Gasteiger partial charge in [-0.2, -0.15) is 0 Å². The van der Waals surface area contributed by atoms with Gasteiger partial charge in [0.2, 0.25) is 5.91 Å². The van der Waals surface area contributed by atoms with E-state index in [4.69, 9.17) is 0 Å². The van der Waals surface area contributed by atoms with Gasteiger partial charge < -0.3 is 10.2 Å². The summed E-state index contributed by atoms with van der Waals surface area (Å²) in [5.74, 6) is -0.834. The Morgan fingerprint density at radius 2 is 1.78 bits per heavy atom. The standard InChI is InChI=1S/C13H16N2O3/c1-9(16)8-12(17)14-11-7-5-4-6-10(11)13(18)15(2)3/h4-7H,8H2,1-3H3,(H,14,17). The summed E-state index contributed by atoms with van der Waals surface area (Å²) in [7, 11) is 3.27. The Morgan fingerprint density at radius 3 is 2.33 bits per heavy atom. The van der Waals surface area contributed by atoms with Crippen LogP contribution in [0, 0.1) is 0 Å². The molecule has 0 fully saturated rings. The number of carbonyl (C=O) groups is 3. The molecular formula is C13H16N2O3. The van der Waals surface area contributed by atoms with Gasteiger partial charge in [-0.15, -0.1) is 0 Å². The summed E-state index contributed by atoms with van der Waals surface area (Å²) in [4.78, 5) is 35.6. The second-order valence-electron chi connectivity index (χ2n) is 4.17. The molecule has 0 saturated heterocycles. The van der Waals surface area contributed by atoms with Crippen LogP contribution in [-0.2, 0) is 9.59 Å². The number of hydrogen-bond donors (Lipinski definition) is 1. The van der Waals surface area contributed by atoms with E-state index in [0.29, 0.717) is 11.3 Å². The number of hydrogen-bond acceptors (Lipinski definition) is 3. The number of rotatable bonds is 4. The van der Waals surface area contributed by atoms with E-state index in [-0.39, 0.29) is 18.1 Å². The summed E-state index contributed by atoms with van der Waals surface area (Å²) in [6.45, 7) is 1.34. The van der Waals surface area contributed by atoms with Crippen LogP contribution in [0.2, 0.25) is 0 Å². The second-order valence-corrected chi connectivity index (χ2v) is 4.17. The number of anilines is 1. The van der Waals surface area contributed by atoms with Crippen LogP contribution in [0.1, 0.15) is 23.7 Å². The van der Waals surface area contributed by atoms with Gasteiger partial charge in [-0.25, -0.2) is 0 Å². The van der Waals surface area contributed by atoms with Crippen molar-refractivity contribution >= 4 is 23.3 Å². The molecule has 1 aromatic carbocycles. The molecule has 0 bridgehead atoms. The molecule has 5 nitrogen and oxygen atoms in total. The predicted molar refractivity (Wildman–Crippen MR) is 68.4 cm³/mol. The van der Waals surface area contributed by atoms with Gasteiger partial charge in [0, 0.05) is 14.1 Å². The topological polar surface area (TPSA) is 66.5 Å². The average molecular weight is 248 g/mol. The molecule has 1 aromatic rings. The molecule has 0 spiro atoms. The third-order valence-corrected chi connectivity index (χ3v) is 2.25. The number of para-hydroxylation sites is 1. The molecule has 0 unspecified atom stereocenters. The summed E-state index contributed by atoms with van der Waals surface area (Å²) < 4.78 is 0. The van der Waals surface area contributed by atoms with Crippen LogP contribution in [0.25, 0.3) is 0 Å². The maximum absolute atomic E-state index is 11.9. The van der Waals surface area contributed by atoms with Crippen LogP contribution in [-0.4, -0.2) is 36.6 Å². The van der Waals surface area contributed by atoms with Gasteiger partial charge >= 0.3 is 0 Å². The number of ketones is 1. The molecule has 0 atom stereocenters. The number of amides is 2. The van der Waals surface area contributed by atoms with Crippen molar-refractivity contribution in [2.75, 3.05) is 19.4 Å². The molecule has 0 aliphatic carbocycles. The quantitative estimate of drug-likeness (QED) is 0.817. The Balaban J connectivity index is 2.92. The molecular weight excluding hydrogens is 232 g/mol. The first-order chi connectivity index (χ1) is 8.41. The molecule has 5 heteroatoms. The molecule has 1 N–H and O–H groups in total. The lowest BCUT2D eigenvalue weighted by Crippen LogP contribution is -2.24. The van der Waals surface area contributed by atoms with Crippen molar-refractivity contribution in [1.29, 1.82) is 0 Å². The van der Waals surface area contributed by atoms with Crippen molar-refractivity contribution in [2.24, 2.45) is 0 Å². The van der Waals surface area contributed by atoms with Gasteiger partial charge in [-0.05, 0) is 19.1 Å². The zero-order valence-corrected chi connectivity index (χ0v) is 10.7. The monoisotopic (exact) mass is 248 g/mol. The first-order valence-electron chi connectivity index (χ1n) is 5.51. The summed E-state index contributed by atoms with van der Waals surface area (Å²) in [5.41, 5.74) is 0.821. The van der Waals surface area contributed by atoms with Gasteiger partial charge in [0.1, 0.15) is 5.78 Å². The van der Waals surface area contributed by atoms with E-state index in [0.717, 1.165) is 0 Å². The van der Waals surface area contributed by atoms with Crippen molar-refractivity contribution in [1.82, 2.24) is 4.90 Å². The smallest absolute Gasteiger partial charge is 0.255 e. The van der Waals surface area contributed by atoms with E-state index in [2.05, 4.69) is 5.32 Å². The molecule has 96 valence electrons. The Bertz CT molecular complexity index is 481. The summed E-state index contributed by atoms with van der Waals surface area (Å²) in [6.07, 6.45) is -0.190. The summed E-state index contributed by atoms with van der Waals surface area (Å²) in [6, 6.07) is 6.70. The van der Waals surface area contributed by atoms with Crippen molar-refractivity contribution in [3.8, 4) is 0 Å². The fourth-order valence-electron chi connectivity index (χ4n) is 1.44. The number of carbonyl (C=O) groups excluding carboxylic acids is 3. The van der Waals surface area contributed by atoms with E-state index < -0.39 is 5.91 Å². The highest BCUT2D eigenvalue weighted by atomic mass is 16.2. The first-order valence-corrected chi connectivity index (χ1v) is 5.51. The molecule has 0 aromatic heterocycles. The van der Waals surface area contributed by atoms with Crippen LogP contribution < -0.4 is 5.32 Å². The minimum atomic E-state index is -0.415. The lowest BCUT2D eigenvalue weighted by molar-refractivity contribution is -0.124. The van der Waals surface area contributed by atoms with E-state index in [1.165, 1.54) is 11.8 Å². The van der Waals surface area contributed by atoms with Gasteiger partial charge in [-0.1, -0.05) is 12.1 Å². The Morgan fingerprint density at radius 1 is 1.17 bits per heavy atom. The lowest BCUT2D eigenvalue weighted by atomic mass is 10.1. The maximum atomic E-state index is 11.9. The largest absolute Gasteiger partial charge is 0.345 e. The summed E-state index contributed by atoms with van der Waals surface area (Å²) in [5, 5.41) is 2.57. The Hall–Kier alpha value is -2.17. The Kier molecular flexibility index (Phi) is 4.59. The predicted octanol–water partition coefficient (Wildman–Crippen LogP) is 1.31. The van der Waals surface area contributed by atoms with E-state index >= 15 is 0 Å². The van der Waals surface area contributed by atoms with Gasteiger partial charge in [0.15, 0.2) is 0 Å². The molecule has 1 rings (SSSR count). The minimum Gasteiger partial charge on any atom is -0.345 e. The molecule has 0 radical (unpaired) electrons. The Labute approximate surface area is 106 Å². The van der Waals surface area contributed by atoms with Crippen LogP contribution in [0.5, 0.6) is 0 Å². The van der Waals surface area contributed by atoms with E-state index in [9.17, 15) is 14.4 Å². The molecule has 0 aliphatic heterocycles. The van der Waals surface area contributed by atoms with Crippen molar-refractivity contribution in [2.45, 2.75) is 13.3 Å². The highest BCUT2D eigenvalue weighted by Crippen LogP contribution is 2.16. The molecule has 0 aliphatic rings. The fourth-order valence-corrected chi connectivity index (χ4v) is 1.44. The number of Topliss-reactive ketones (excluding diaryl/α,β-unsaturated/α-hetero) is 1. The van der Waals surface area contributed by atoms with Crippen LogP contribution in [0.3, 0.4) is 0 Å². The third kappa shape index (κ3) is 3.69. The number of benzene rings is 1. The fraction of sp³-hybridized carbons (Fsp3) is 0.308. The van der Waals surface area contributed by atoms with Crippen LogP contribution in [0.15, 0.2) is 24.3 Å². The zero-order valence-electron chi connectivity index (χ0n) is 10.7. The van der Waals surface area contributed by atoms with Gasteiger partial charge in [0.25, 0.3) is 5.91 Å². The maximum Gasteiger partial charge on any atom is 0.255 e.